The molecule has 2 atom stereocenters. The first-order valence-corrected chi connectivity index (χ1v) is 10.1. The molecule has 0 aliphatic rings. The summed E-state index contributed by atoms with van der Waals surface area (Å²) in [5.41, 5.74) is 0. The average molecular weight is 344 g/mol. The second-order valence-electron chi connectivity index (χ2n) is 6.53. The summed E-state index contributed by atoms with van der Waals surface area (Å²) < 4.78 is 63.7. The molecule has 0 aliphatic heterocycles. The molecule has 0 saturated carbocycles. The molecule has 0 aromatic rings. The fourth-order valence-electron chi connectivity index (χ4n) is 2.89. The lowest BCUT2D eigenvalue weighted by Gasteiger charge is -2.44. The predicted molar refractivity (Wildman–Crippen MR) is 83.3 cm³/mol. The van der Waals surface area contributed by atoms with Crippen LogP contribution in [-0.4, -0.2) is 36.4 Å². The lowest BCUT2D eigenvalue weighted by Crippen LogP contribution is -2.54. The van der Waals surface area contributed by atoms with Crippen LogP contribution < -0.4 is 0 Å². The maximum Gasteiger partial charge on any atom is 0.271 e. The van der Waals surface area contributed by atoms with E-state index in [4.69, 9.17) is 4.55 Å². The van der Waals surface area contributed by atoms with Gasteiger partial charge in [-0.05, 0) is 30.1 Å². The van der Waals surface area contributed by atoms with Crippen LogP contribution in [0.5, 0.6) is 0 Å². The lowest BCUT2D eigenvalue weighted by molar-refractivity contribution is 0.173. The molecule has 0 fully saturated rings. The Labute approximate surface area is 128 Å². The molecule has 0 amide bonds. The molecule has 2 N–H and O–H groups in total. The third kappa shape index (κ3) is 4.91. The Bertz CT molecular complexity index is 519. The summed E-state index contributed by atoms with van der Waals surface area (Å²) in [6.45, 7) is 10.7. The maximum atomic E-state index is 12.1. The van der Waals surface area contributed by atoms with Gasteiger partial charge in [0.25, 0.3) is 20.2 Å². The van der Waals surface area contributed by atoms with E-state index in [0.29, 0.717) is 0 Å². The van der Waals surface area contributed by atoms with Gasteiger partial charge in [0.15, 0.2) is 0 Å². The van der Waals surface area contributed by atoms with E-state index in [2.05, 4.69) is 0 Å². The second-order valence-corrected chi connectivity index (χ2v) is 9.81. The topological polar surface area (TPSA) is 109 Å². The van der Waals surface area contributed by atoms with Gasteiger partial charge in [0, 0.05) is 0 Å². The van der Waals surface area contributed by atoms with E-state index in [1.807, 2.05) is 27.7 Å². The number of hydrogen-bond donors (Lipinski definition) is 2. The summed E-state index contributed by atoms with van der Waals surface area (Å²) in [6, 6.07) is 0. The highest BCUT2D eigenvalue weighted by Gasteiger charge is 2.53. The minimum absolute atomic E-state index is 0.0745. The zero-order valence-electron chi connectivity index (χ0n) is 13.6. The van der Waals surface area contributed by atoms with Gasteiger partial charge in [-0.1, -0.05) is 41.5 Å². The molecule has 0 aromatic heterocycles. The molecule has 128 valence electrons. The van der Waals surface area contributed by atoms with E-state index in [-0.39, 0.29) is 18.3 Å². The third-order valence-corrected chi connectivity index (χ3v) is 7.40. The lowest BCUT2D eigenvalue weighted by atomic mass is 9.71. The van der Waals surface area contributed by atoms with Gasteiger partial charge >= 0.3 is 0 Å². The van der Waals surface area contributed by atoms with E-state index in [1.54, 1.807) is 13.8 Å². The summed E-state index contributed by atoms with van der Waals surface area (Å²) in [5, 5.41) is 0. The van der Waals surface area contributed by atoms with Crippen LogP contribution in [0.15, 0.2) is 0 Å². The first-order valence-electron chi connectivity index (χ1n) is 7.09. The predicted octanol–water partition coefficient (Wildman–Crippen LogP) is 2.48. The molecule has 6 nitrogen and oxygen atoms in total. The van der Waals surface area contributed by atoms with Crippen molar-refractivity contribution in [2.24, 2.45) is 23.7 Å². The molecule has 0 aromatic carbocycles. The van der Waals surface area contributed by atoms with Gasteiger partial charge in [-0.25, -0.2) is 0 Å². The van der Waals surface area contributed by atoms with E-state index in [9.17, 15) is 21.4 Å². The number of hydrogen-bond acceptors (Lipinski definition) is 4. The summed E-state index contributed by atoms with van der Waals surface area (Å²) in [4.78, 5) is 0. The Kier molecular flexibility index (Phi) is 6.87. The standard InChI is InChI=1S/C13H28O6S2/c1-9(2)11(5)13(21(17,18)19,12(6)10(3)4)7-8-20(14,15)16/h9-12H,7-8H2,1-6H3,(H,14,15,16)(H,17,18,19). The van der Waals surface area contributed by atoms with Crippen molar-refractivity contribution in [2.45, 2.75) is 52.7 Å². The minimum Gasteiger partial charge on any atom is -0.286 e. The van der Waals surface area contributed by atoms with Crippen molar-refractivity contribution in [1.29, 1.82) is 0 Å². The zero-order valence-corrected chi connectivity index (χ0v) is 15.2. The molecule has 0 radical (unpaired) electrons. The molecule has 0 spiro atoms. The van der Waals surface area contributed by atoms with Gasteiger partial charge in [-0.2, -0.15) is 16.8 Å². The third-order valence-electron chi connectivity index (χ3n) is 4.77. The largest absolute Gasteiger partial charge is 0.286 e. The Morgan fingerprint density at radius 2 is 1.14 bits per heavy atom. The molecule has 0 bridgehead atoms. The van der Waals surface area contributed by atoms with Gasteiger partial charge in [0.1, 0.15) is 4.75 Å². The molecular weight excluding hydrogens is 316 g/mol. The van der Waals surface area contributed by atoms with Crippen molar-refractivity contribution >= 4 is 20.2 Å². The molecule has 0 heterocycles. The Balaban J connectivity index is 6.12. The number of rotatable bonds is 8. The van der Waals surface area contributed by atoms with Gasteiger partial charge in [0.2, 0.25) is 0 Å². The fraction of sp³-hybridized carbons (Fsp3) is 1.00. The molecule has 8 heteroatoms. The van der Waals surface area contributed by atoms with Gasteiger partial charge in [0.05, 0.1) is 5.75 Å². The van der Waals surface area contributed by atoms with E-state index in [0.717, 1.165) is 0 Å². The van der Waals surface area contributed by atoms with E-state index < -0.39 is 42.6 Å². The van der Waals surface area contributed by atoms with Gasteiger partial charge in [-0.15, -0.1) is 0 Å². The van der Waals surface area contributed by atoms with Crippen molar-refractivity contribution in [3.8, 4) is 0 Å². The summed E-state index contributed by atoms with van der Waals surface area (Å²) in [5.74, 6) is -1.77. The van der Waals surface area contributed by atoms with Gasteiger partial charge < -0.3 is 0 Å². The van der Waals surface area contributed by atoms with E-state index in [1.165, 1.54) is 0 Å². The van der Waals surface area contributed by atoms with Crippen molar-refractivity contribution in [3.05, 3.63) is 0 Å². The van der Waals surface area contributed by atoms with Crippen LogP contribution in [0.1, 0.15) is 48.0 Å². The highest BCUT2D eigenvalue weighted by molar-refractivity contribution is 7.87. The van der Waals surface area contributed by atoms with Crippen LogP contribution in [0.2, 0.25) is 0 Å². The highest BCUT2D eigenvalue weighted by Crippen LogP contribution is 2.44. The highest BCUT2D eigenvalue weighted by atomic mass is 32.2. The Morgan fingerprint density at radius 1 is 0.810 bits per heavy atom. The molecule has 0 aliphatic carbocycles. The van der Waals surface area contributed by atoms with Crippen LogP contribution in [0.3, 0.4) is 0 Å². The second kappa shape index (κ2) is 6.93. The van der Waals surface area contributed by atoms with Crippen LogP contribution in [-0.2, 0) is 20.2 Å². The normalized spacial score (nSPS) is 19.5. The smallest absolute Gasteiger partial charge is 0.271 e. The molecule has 2 unspecified atom stereocenters. The quantitative estimate of drug-likeness (QED) is 0.655. The Morgan fingerprint density at radius 3 is 1.33 bits per heavy atom. The minimum atomic E-state index is -4.51. The van der Waals surface area contributed by atoms with E-state index >= 15 is 0 Å². The van der Waals surface area contributed by atoms with Crippen LogP contribution in [0, 0.1) is 23.7 Å². The van der Waals surface area contributed by atoms with Crippen LogP contribution in [0.4, 0.5) is 0 Å². The van der Waals surface area contributed by atoms with Crippen molar-refractivity contribution in [3.63, 3.8) is 0 Å². The monoisotopic (exact) mass is 344 g/mol. The first-order chi connectivity index (χ1) is 9.17. The zero-order chi connectivity index (χ0) is 17.2. The van der Waals surface area contributed by atoms with Crippen molar-refractivity contribution in [2.75, 3.05) is 5.75 Å². The van der Waals surface area contributed by atoms with Crippen LogP contribution in [0.25, 0.3) is 0 Å². The summed E-state index contributed by atoms with van der Waals surface area (Å²) >= 11 is 0. The molecule has 0 saturated heterocycles. The summed E-state index contributed by atoms with van der Waals surface area (Å²) in [7, 11) is -8.82. The van der Waals surface area contributed by atoms with Gasteiger partial charge in [-0.3, -0.25) is 9.11 Å². The molecular formula is C13H28O6S2. The van der Waals surface area contributed by atoms with Crippen molar-refractivity contribution < 1.29 is 25.9 Å². The fourth-order valence-corrected chi connectivity index (χ4v) is 5.45. The maximum absolute atomic E-state index is 12.1. The SMILES string of the molecule is CC(C)C(C)C(CCS(=O)(=O)O)(C(C)C(C)C)S(=O)(=O)O. The Hall–Kier alpha value is -0.180. The summed E-state index contributed by atoms with van der Waals surface area (Å²) in [6.07, 6.45) is -0.330. The van der Waals surface area contributed by atoms with Crippen LogP contribution >= 0.6 is 0 Å². The van der Waals surface area contributed by atoms with Crippen molar-refractivity contribution in [1.82, 2.24) is 0 Å². The molecule has 0 rings (SSSR count). The average Bonchev–Trinajstić information content (AvgIpc) is 2.25. The first kappa shape index (κ1) is 20.8. The molecule has 21 heavy (non-hydrogen) atoms.